The Morgan fingerprint density at radius 2 is 1.71 bits per heavy atom. The third-order valence-electron chi connectivity index (χ3n) is 6.82. The molecule has 2 aliphatic rings. The maximum absolute atomic E-state index is 13.7. The van der Waals surface area contributed by atoms with E-state index in [1.54, 1.807) is 17.9 Å². The molecule has 3 N–H and O–H groups in total. The third-order valence-corrected chi connectivity index (χ3v) is 6.82. The van der Waals surface area contributed by atoms with Crippen LogP contribution in [-0.4, -0.2) is 81.1 Å². The van der Waals surface area contributed by atoms with Gasteiger partial charge in [0.1, 0.15) is 17.4 Å². The number of cyclic esters (lactones) is 1. The maximum atomic E-state index is 13.7. The molecular weight excluding hydrogens is 542 g/mol. The molecule has 0 unspecified atom stereocenters. The number of likely N-dealkylation sites (tertiary alicyclic amines) is 1. The summed E-state index contributed by atoms with van der Waals surface area (Å²) < 4.78 is 34.6. The first-order chi connectivity index (χ1) is 20.3. The Labute approximate surface area is 248 Å². The standard InChI is InChI=1S/C31H45N3O8/c1-4-37-20-40-26-18-27(41-21-38-5-2)30(39-19-28(35)34-15-7-6-8-16-34)25-17-24(33)14-10-13-23(32)12-9-11-22(3)42-31(36)29(25)26/h9-10,12,14,18,22-23,33H,4-8,11,13,15-17,19-21,32H2,1-3H3/b12-9+,14-10+,33-24?/t22-,23-/m1/s1. The highest BCUT2D eigenvalue weighted by molar-refractivity contribution is 6.01. The molecule has 0 spiro atoms. The topological polar surface area (TPSA) is 143 Å². The second kappa shape index (κ2) is 17.5. The quantitative estimate of drug-likeness (QED) is 0.169. The number of allylic oxidation sites excluding steroid dienone is 1. The lowest BCUT2D eigenvalue weighted by Crippen LogP contribution is -2.38. The lowest BCUT2D eigenvalue weighted by atomic mass is 9.97. The lowest BCUT2D eigenvalue weighted by molar-refractivity contribution is -0.134. The molecule has 11 heteroatoms. The minimum atomic E-state index is -0.654. The Morgan fingerprint density at radius 1 is 1.02 bits per heavy atom. The van der Waals surface area contributed by atoms with Crippen LogP contribution in [0.5, 0.6) is 17.2 Å². The number of nitrogens with zero attached hydrogens (tertiary/aromatic N) is 1. The number of fused-ring (bicyclic) bond motifs is 1. The van der Waals surface area contributed by atoms with Crippen LogP contribution in [0.1, 0.15) is 68.8 Å². The average Bonchev–Trinajstić information content (AvgIpc) is 2.96. The summed E-state index contributed by atoms with van der Waals surface area (Å²) in [5.41, 5.74) is 6.75. The molecule has 3 rings (SSSR count). The second-order valence-electron chi connectivity index (χ2n) is 10.2. The largest absolute Gasteiger partial charge is 0.480 e. The fourth-order valence-corrected chi connectivity index (χ4v) is 4.62. The van der Waals surface area contributed by atoms with Crippen molar-refractivity contribution in [1.82, 2.24) is 4.90 Å². The molecule has 0 bridgehead atoms. The number of piperidine rings is 1. The van der Waals surface area contributed by atoms with Crippen LogP contribution in [-0.2, 0) is 25.4 Å². The molecule has 2 heterocycles. The monoisotopic (exact) mass is 587 g/mol. The van der Waals surface area contributed by atoms with Gasteiger partial charge >= 0.3 is 5.97 Å². The molecule has 1 saturated heterocycles. The van der Waals surface area contributed by atoms with Gasteiger partial charge in [-0.2, -0.15) is 0 Å². The van der Waals surface area contributed by atoms with E-state index in [4.69, 9.17) is 39.6 Å². The van der Waals surface area contributed by atoms with E-state index < -0.39 is 12.1 Å². The molecular formula is C31H45N3O8. The van der Waals surface area contributed by atoms with Gasteiger partial charge in [0.15, 0.2) is 31.7 Å². The highest BCUT2D eigenvalue weighted by Crippen LogP contribution is 2.41. The van der Waals surface area contributed by atoms with Crippen LogP contribution in [0.2, 0.25) is 0 Å². The number of esters is 1. The summed E-state index contributed by atoms with van der Waals surface area (Å²) in [5.74, 6) is -0.296. The number of hydrogen-bond acceptors (Lipinski definition) is 10. The van der Waals surface area contributed by atoms with Crippen LogP contribution in [0.15, 0.2) is 30.4 Å². The van der Waals surface area contributed by atoms with Gasteiger partial charge in [-0.05, 0) is 52.5 Å². The zero-order valence-corrected chi connectivity index (χ0v) is 25.0. The Morgan fingerprint density at radius 3 is 2.40 bits per heavy atom. The van der Waals surface area contributed by atoms with Gasteiger partial charge in [-0.15, -0.1) is 0 Å². The van der Waals surface area contributed by atoms with Crippen LogP contribution in [0.3, 0.4) is 0 Å². The Hall–Kier alpha value is -3.41. The van der Waals surface area contributed by atoms with Gasteiger partial charge in [0.2, 0.25) is 0 Å². The van der Waals surface area contributed by atoms with E-state index in [1.165, 1.54) is 6.07 Å². The summed E-state index contributed by atoms with van der Waals surface area (Å²) in [5, 5.41) is 8.71. The van der Waals surface area contributed by atoms with Crippen molar-refractivity contribution in [2.24, 2.45) is 5.73 Å². The van der Waals surface area contributed by atoms with Gasteiger partial charge in [-0.25, -0.2) is 4.79 Å². The SMILES string of the molecule is CCOCOc1cc(OCOCC)c2c(c1OCC(=O)N1CCCCC1)CC(=N)/C=C/C[C@H](N)/C=C/C[C@@H](C)OC2=O. The second-order valence-corrected chi connectivity index (χ2v) is 10.2. The fraction of sp³-hybridized carbons (Fsp3) is 0.581. The van der Waals surface area contributed by atoms with E-state index in [-0.39, 0.29) is 67.1 Å². The predicted octanol–water partition coefficient (Wildman–Crippen LogP) is 4.16. The van der Waals surface area contributed by atoms with Gasteiger partial charge in [0.05, 0.1) is 0 Å². The summed E-state index contributed by atoms with van der Waals surface area (Å²) in [6.07, 6.45) is 10.7. The first kappa shape index (κ1) is 33.1. The molecule has 232 valence electrons. The number of carbonyl (C=O) groups is 2. The molecule has 42 heavy (non-hydrogen) atoms. The number of hydrogen-bond donors (Lipinski definition) is 2. The van der Waals surface area contributed by atoms with Crippen molar-refractivity contribution in [3.05, 3.63) is 41.5 Å². The highest BCUT2D eigenvalue weighted by atomic mass is 16.7. The smallest absolute Gasteiger partial charge is 0.342 e. The van der Waals surface area contributed by atoms with E-state index in [0.29, 0.717) is 44.7 Å². The number of amides is 1. The van der Waals surface area contributed by atoms with Gasteiger partial charge in [-0.1, -0.05) is 18.2 Å². The lowest BCUT2D eigenvalue weighted by Gasteiger charge is -2.27. The third kappa shape index (κ3) is 10.1. The summed E-state index contributed by atoms with van der Waals surface area (Å²) in [4.78, 5) is 28.6. The molecule has 1 fully saturated rings. The number of ether oxygens (including phenoxy) is 6. The Bertz CT molecular complexity index is 1110. The van der Waals surface area contributed by atoms with E-state index in [0.717, 1.165) is 19.3 Å². The Kier molecular flexibility index (Phi) is 13.8. The summed E-state index contributed by atoms with van der Waals surface area (Å²) in [7, 11) is 0. The van der Waals surface area contributed by atoms with Gasteiger partial charge < -0.3 is 44.5 Å². The zero-order valence-electron chi connectivity index (χ0n) is 25.0. The fourth-order valence-electron chi connectivity index (χ4n) is 4.62. The number of benzene rings is 1. The van der Waals surface area contributed by atoms with Crippen molar-refractivity contribution in [2.45, 2.75) is 71.4 Å². The van der Waals surface area contributed by atoms with E-state index in [2.05, 4.69) is 0 Å². The minimum Gasteiger partial charge on any atom is -0.480 e. The molecule has 1 aromatic carbocycles. The molecule has 0 radical (unpaired) electrons. The molecule has 2 atom stereocenters. The van der Waals surface area contributed by atoms with Gasteiger partial charge in [0.25, 0.3) is 5.91 Å². The molecule has 0 aromatic heterocycles. The van der Waals surface area contributed by atoms with E-state index in [1.807, 2.05) is 32.1 Å². The predicted molar refractivity (Wildman–Crippen MR) is 158 cm³/mol. The van der Waals surface area contributed by atoms with Gasteiger partial charge in [0, 0.05) is 62.5 Å². The first-order valence-electron chi connectivity index (χ1n) is 14.7. The summed E-state index contributed by atoms with van der Waals surface area (Å²) >= 11 is 0. The number of carbonyl (C=O) groups excluding carboxylic acids is 2. The van der Waals surface area contributed by atoms with Crippen molar-refractivity contribution >= 4 is 17.6 Å². The van der Waals surface area contributed by atoms with E-state index >= 15 is 0 Å². The number of nitrogens with one attached hydrogen (secondary N) is 1. The van der Waals surface area contributed by atoms with Crippen LogP contribution in [0, 0.1) is 5.41 Å². The minimum absolute atomic E-state index is 0.0234. The average molecular weight is 588 g/mol. The summed E-state index contributed by atoms with van der Waals surface area (Å²) in [6.45, 7) is 7.14. The van der Waals surface area contributed by atoms with Crippen LogP contribution < -0.4 is 19.9 Å². The molecule has 1 amide bonds. The van der Waals surface area contributed by atoms with Crippen molar-refractivity contribution in [1.29, 1.82) is 5.41 Å². The van der Waals surface area contributed by atoms with Gasteiger partial charge in [-0.3, -0.25) is 4.79 Å². The van der Waals surface area contributed by atoms with Crippen molar-refractivity contribution in [2.75, 3.05) is 46.5 Å². The number of rotatable bonds is 11. The molecule has 0 aliphatic carbocycles. The first-order valence-corrected chi connectivity index (χ1v) is 14.7. The van der Waals surface area contributed by atoms with E-state index in [9.17, 15) is 9.59 Å². The normalized spacial score (nSPS) is 21.5. The molecule has 2 aliphatic heterocycles. The molecule has 11 nitrogen and oxygen atoms in total. The van der Waals surface area contributed by atoms with Crippen molar-refractivity contribution in [3.8, 4) is 17.2 Å². The maximum Gasteiger partial charge on any atom is 0.342 e. The van der Waals surface area contributed by atoms with Crippen molar-refractivity contribution < 1.29 is 38.0 Å². The Balaban J connectivity index is 2.12. The van der Waals surface area contributed by atoms with Crippen molar-refractivity contribution in [3.63, 3.8) is 0 Å². The number of nitrogens with two attached hydrogens (primary N) is 1. The molecule has 0 saturated carbocycles. The molecule has 1 aromatic rings. The summed E-state index contributed by atoms with van der Waals surface area (Å²) in [6, 6.07) is 1.29. The van der Waals surface area contributed by atoms with Crippen LogP contribution in [0.4, 0.5) is 0 Å². The highest BCUT2D eigenvalue weighted by Gasteiger charge is 2.30. The van der Waals surface area contributed by atoms with Crippen LogP contribution in [0.25, 0.3) is 0 Å². The van der Waals surface area contributed by atoms with Crippen LogP contribution >= 0.6 is 0 Å². The zero-order chi connectivity index (χ0) is 30.3.